The Hall–Kier alpha value is -1.80. The fourth-order valence-corrected chi connectivity index (χ4v) is 3.29. The number of hydrogen-bond acceptors (Lipinski definition) is 4. The third-order valence-electron chi connectivity index (χ3n) is 3.79. The molecular formula is C17H30N4O3S. The molecule has 0 heterocycles. The molecule has 0 aliphatic carbocycles. The first-order chi connectivity index (χ1) is 11.9. The highest BCUT2D eigenvalue weighted by Crippen LogP contribution is 2.11. The van der Waals surface area contributed by atoms with E-state index in [1.165, 1.54) is 16.1 Å². The first kappa shape index (κ1) is 21.2. The summed E-state index contributed by atoms with van der Waals surface area (Å²) in [4.78, 5) is 4.17. The first-order valence-corrected chi connectivity index (χ1v) is 10.3. The lowest BCUT2D eigenvalue weighted by Crippen LogP contribution is -2.40. The summed E-state index contributed by atoms with van der Waals surface area (Å²) in [5, 5.41) is 6.46. The Balaban J connectivity index is 2.28. The van der Waals surface area contributed by atoms with Gasteiger partial charge in [0.05, 0.1) is 13.4 Å². The average Bonchev–Trinajstić information content (AvgIpc) is 2.59. The molecule has 0 aromatic heterocycles. The molecule has 142 valence electrons. The van der Waals surface area contributed by atoms with Gasteiger partial charge in [0.1, 0.15) is 5.75 Å². The van der Waals surface area contributed by atoms with Crippen LogP contribution >= 0.6 is 0 Å². The van der Waals surface area contributed by atoms with Crippen LogP contribution in [-0.2, 0) is 16.4 Å². The van der Waals surface area contributed by atoms with Crippen molar-refractivity contribution in [3.63, 3.8) is 0 Å². The van der Waals surface area contributed by atoms with Crippen LogP contribution in [0, 0.1) is 0 Å². The van der Waals surface area contributed by atoms with Crippen molar-refractivity contribution in [2.45, 2.75) is 19.8 Å². The smallest absolute Gasteiger partial charge is 0.211 e. The van der Waals surface area contributed by atoms with Gasteiger partial charge in [-0.25, -0.2) is 12.7 Å². The van der Waals surface area contributed by atoms with E-state index in [1.54, 1.807) is 14.2 Å². The summed E-state index contributed by atoms with van der Waals surface area (Å²) < 4.78 is 29.7. The molecule has 0 aliphatic heterocycles. The summed E-state index contributed by atoms with van der Waals surface area (Å²) in [5.41, 5.74) is 1.22. The molecule has 0 atom stereocenters. The number of methoxy groups -OCH3 is 1. The van der Waals surface area contributed by atoms with Gasteiger partial charge in [-0.1, -0.05) is 19.1 Å². The van der Waals surface area contributed by atoms with Gasteiger partial charge in [0.15, 0.2) is 5.96 Å². The topological polar surface area (TPSA) is 83.0 Å². The second-order valence-electron chi connectivity index (χ2n) is 5.63. The molecule has 0 saturated carbocycles. The molecule has 1 aromatic rings. The summed E-state index contributed by atoms with van der Waals surface area (Å²) in [6.07, 6.45) is 2.84. The second kappa shape index (κ2) is 10.9. The molecule has 8 heteroatoms. The predicted octanol–water partition coefficient (Wildman–Crippen LogP) is 1.07. The third-order valence-corrected chi connectivity index (χ3v) is 5.17. The van der Waals surface area contributed by atoms with E-state index in [2.05, 4.69) is 15.6 Å². The van der Waals surface area contributed by atoms with Crippen LogP contribution in [0.1, 0.15) is 18.9 Å². The molecular weight excluding hydrogens is 340 g/mol. The highest BCUT2D eigenvalue weighted by atomic mass is 32.2. The quantitative estimate of drug-likeness (QED) is 0.366. The summed E-state index contributed by atoms with van der Waals surface area (Å²) in [6, 6.07) is 7.98. The van der Waals surface area contributed by atoms with Gasteiger partial charge < -0.3 is 15.4 Å². The maximum absolute atomic E-state index is 11.5. The van der Waals surface area contributed by atoms with Crippen LogP contribution in [0.5, 0.6) is 5.75 Å². The molecule has 0 amide bonds. The van der Waals surface area contributed by atoms with Gasteiger partial charge in [-0.2, -0.15) is 0 Å². The van der Waals surface area contributed by atoms with Gasteiger partial charge >= 0.3 is 0 Å². The fraction of sp³-hybridized carbons (Fsp3) is 0.588. The highest BCUT2D eigenvalue weighted by molar-refractivity contribution is 7.88. The van der Waals surface area contributed by atoms with Crippen molar-refractivity contribution < 1.29 is 13.2 Å². The van der Waals surface area contributed by atoms with Gasteiger partial charge in [0, 0.05) is 33.2 Å². The SMILES string of the molecule is CCN(CCCNC(=NC)NCCc1ccc(OC)cc1)S(C)(=O)=O. The second-order valence-corrected chi connectivity index (χ2v) is 7.61. The Bertz CT molecular complexity index is 630. The normalized spacial score (nSPS) is 12.3. The minimum absolute atomic E-state index is 0.494. The van der Waals surface area contributed by atoms with Crippen molar-refractivity contribution in [1.82, 2.24) is 14.9 Å². The van der Waals surface area contributed by atoms with E-state index in [0.29, 0.717) is 19.6 Å². The van der Waals surface area contributed by atoms with E-state index in [9.17, 15) is 8.42 Å². The Morgan fingerprint density at radius 2 is 1.84 bits per heavy atom. The zero-order valence-corrected chi connectivity index (χ0v) is 16.4. The van der Waals surface area contributed by atoms with Gasteiger partial charge in [0.25, 0.3) is 0 Å². The van der Waals surface area contributed by atoms with E-state index in [4.69, 9.17) is 4.74 Å². The Labute approximate surface area is 151 Å². The third kappa shape index (κ3) is 8.22. The van der Waals surface area contributed by atoms with Crippen LogP contribution in [0.3, 0.4) is 0 Å². The molecule has 0 bridgehead atoms. The van der Waals surface area contributed by atoms with E-state index in [0.717, 1.165) is 31.1 Å². The zero-order chi connectivity index (χ0) is 18.7. The average molecular weight is 371 g/mol. The molecule has 2 N–H and O–H groups in total. The number of benzene rings is 1. The lowest BCUT2D eigenvalue weighted by molar-refractivity contribution is 0.414. The summed E-state index contributed by atoms with van der Waals surface area (Å²) in [7, 11) is 0.254. The number of rotatable bonds is 10. The van der Waals surface area contributed by atoms with Gasteiger partial charge in [0.2, 0.25) is 10.0 Å². The Morgan fingerprint density at radius 3 is 2.36 bits per heavy atom. The number of ether oxygens (including phenoxy) is 1. The van der Waals surface area contributed by atoms with Crippen molar-refractivity contribution in [3.05, 3.63) is 29.8 Å². The maximum Gasteiger partial charge on any atom is 0.211 e. The number of sulfonamides is 1. The molecule has 0 fully saturated rings. The molecule has 0 unspecified atom stereocenters. The summed E-state index contributed by atoms with van der Waals surface area (Å²) >= 11 is 0. The predicted molar refractivity (Wildman–Crippen MR) is 103 cm³/mol. The lowest BCUT2D eigenvalue weighted by Gasteiger charge is -2.18. The highest BCUT2D eigenvalue weighted by Gasteiger charge is 2.13. The first-order valence-electron chi connectivity index (χ1n) is 8.43. The standard InChI is InChI=1S/C17H30N4O3S/c1-5-21(25(4,22)23)14-6-12-19-17(18-2)20-13-11-15-7-9-16(24-3)10-8-15/h7-10H,5-6,11-14H2,1-4H3,(H2,18,19,20). The van der Waals surface area contributed by atoms with Crippen molar-refractivity contribution in [2.24, 2.45) is 4.99 Å². The van der Waals surface area contributed by atoms with Gasteiger partial charge in [-0.15, -0.1) is 0 Å². The number of hydrogen-bond donors (Lipinski definition) is 2. The molecule has 0 aliphatic rings. The summed E-state index contributed by atoms with van der Waals surface area (Å²) in [6.45, 7) is 4.26. The van der Waals surface area contributed by atoms with Crippen molar-refractivity contribution in [1.29, 1.82) is 0 Å². The van der Waals surface area contributed by atoms with E-state index in [-0.39, 0.29) is 0 Å². The Kier molecular flexibility index (Phi) is 9.30. The molecule has 0 radical (unpaired) electrons. The number of guanidine groups is 1. The zero-order valence-electron chi connectivity index (χ0n) is 15.6. The fourth-order valence-electron chi connectivity index (χ4n) is 2.36. The van der Waals surface area contributed by atoms with Crippen LogP contribution in [0.15, 0.2) is 29.3 Å². The minimum Gasteiger partial charge on any atom is -0.497 e. The molecule has 0 saturated heterocycles. The monoisotopic (exact) mass is 370 g/mol. The minimum atomic E-state index is -3.12. The number of aliphatic imine (C=N–C) groups is 1. The largest absolute Gasteiger partial charge is 0.497 e. The molecule has 7 nitrogen and oxygen atoms in total. The van der Waals surface area contributed by atoms with Gasteiger partial charge in [-0.3, -0.25) is 4.99 Å². The van der Waals surface area contributed by atoms with E-state index < -0.39 is 10.0 Å². The van der Waals surface area contributed by atoms with Crippen LogP contribution in [0.2, 0.25) is 0 Å². The molecule has 25 heavy (non-hydrogen) atoms. The summed E-state index contributed by atoms with van der Waals surface area (Å²) in [5.74, 6) is 1.57. The number of nitrogens with one attached hydrogen (secondary N) is 2. The van der Waals surface area contributed by atoms with Crippen molar-refractivity contribution in [2.75, 3.05) is 46.6 Å². The number of nitrogens with zero attached hydrogens (tertiary/aromatic N) is 2. The van der Waals surface area contributed by atoms with Crippen LogP contribution < -0.4 is 15.4 Å². The van der Waals surface area contributed by atoms with Crippen LogP contribution in [0.4, 0.5) is 0 Å². The van der Waals surface area contributed by atoms with Crippen LogP contribution in [-0.4, -0.2) is 65.3 Å². The molecule has 1 rings (SSSR count). The van der Waals surface area contributed by atoms with Crippen molar-refractivity contribution >= 4 is 16.0 Å². The lowest BCUT2D eigenvalue weighted by atomic mass is 10.1. The van der Waals surface area contributed by atoms with Crippen molar-refractivity contribution in [3.8, 4) is 5.75 Å². The molecule has 0 spiro atoms. The maximum atomic E-state index is 11.5. The molecule has 1 aromatic carbocycles. The Morgan fingerprint density at radius 1 is 1.20 bits per heavy atom. The van der Waals surface area contributed by atoms with E-state index in [1.807, 2.05) is 31.2 Å². The van der Waals surface area contributed by atoms with Crippen LogP contribution in [0.25, 0.3) is 0 Å². The van der Waals surface area contributed by atoms with E-state index >= 15 is 0 Å². The van der Waals surface area contributed by atoms with Gasteiger partial charge in [-0.05, 0) is 30.5 Å².